The van der Waals surface area contributed by atoms with E-state index >= 15 is 0 Å². The summed E-state index contributed by atoms with van der Waals surface area (Å²) >= 11 is 0. The molecule has 36 heavy (non-hydrogen) atoms. The van der Waals surface area contributed by atoms with Crippen LogP contribution in [0, 0.1) is 0 Å². The first-order valence-electron chi connectivity index (χ1n) is 11.4. The average molecular weight is 485 g/mol. The van der Waals surface area contributed by atoms with Gasteiger partial charge in [0, 0.05) is 43.3 Å². The lowest BCUT2D eigenvalue weighted by atomic mass is 9.95. The summed E-state index contributed by atoms with van der Waals surface area (Å²) in [7, 11) is 1.92. The normalized spacial score (nSPS) is 18.6. The van der Waals surface area contributed by atoms with Crippen molar-refractivity contribution in [3.05, 3.63) is 83.7 Å². The molecule has 0 saturated carbocycles. The Morgan fingerprint density at radius 3 is 2.72 bits per heavy atom. The van der Waals surface area contributed by atoms with Crippen LogP contribution in [0.5, 0.6) is 5.75 Å². The third kappa shape index (κ3) is 4.04. The molecular weight excluding hydrogens is 460 g/mol. The molecule has 0 radical (unpaired) electrons. The van der Waals surface area contributed by atoms with Gasteiger partial charge in [0.05, 0.1) is 23.8 Å². The van der Waals surface area contributed by atoms with Gasteiger partial charge in [-0.3, -0.25) is 24.3 Å². The molecule has 2 N–H and O–H groups in total. The number of carbonyl (C=O) groups excluding carboxylic acids is 3. The smallest absolute Gasteiger partial charge is 0.300 e. The third-order valence-electron chi connectivity index (χ3n) is 6.22. The Balaban J connectivity index is 1.67. The van der Waals surface area contributed by atoms with Crippen molar-refractivity contribution < 1.29 is 24.2 Å². The van der Waals surface area contributed by atoms with Crippen LogP contribution in [0.4, 0.5) is 17.1 Å². The fourth-order valence-corrected chi connectivity index (χ4v) is 4.54. The Morgan fingerprint density at radius 1 is 1.14 bits per heavy atom. The standard InChI is InChI=1S/C27H24N4O5/c1-16(32)29-19-6-3-7-20(14-19)31-24(18-5-4-10-28-15-18)23(26(34)27(31)35)25(33)17-8-9-22-21(13-17)30(2)11-12-36-22/h3-10,13-15,24,33H,11-12H2,1-2H3,(H,29,32)/b25-23-. The number of fused-ring (bicyclic) bond motifs is 1. The van der Waals surface area contributed by atoms with E-state index in [0.29, 0.717) is 41.4 Å². The monoisotopic (exact) mass is 484 g/mol. The molecule has 2 amide bonds. The molecule has 0 spiro atoms. The molecule has 0 aliphatic carbocycles. The number of amides is 2. The lowest BCUT2D eigenvalue weighted by molar-refractivity contribution is -0.132. The fourth-order valence-electron chi connectivity index (χ4n) is 4.54. The number of hydrogen-bond donors (Lipinski definition) is 2. The highest BCUT2D eigenvalue weighted by Crippen LogP contribution is 2.43. The Kier molecular flexibility index (Phi) is 5.89. The minimum atomic E-state index is -0.920. The molecule has 9 nitrogen and oxygen atoms in total. The van der Waals surface area contributed by atoms with Gasteiger partial charge in [0.15, 0.2) is 0 Å². The van der Waals surface area contributed by atoms with Crippen LogP contribution in [-0.4, -0.2) is 47.9 Å². The third-order valence-corrected chi connectivity index (χ3v) is 6.22. The maximum Gasteiger partial charge on any atom is 0.300 e. The minimum absolute atomic E-state index is 0.0442. The number of rotatable bonds is 4. The van der Waals surface area contributed by atoms with Crippen molar-refractivity contribution in [2.75, 3.05) is 35.3 Å². The summed E-state index contributed by atoms with van der Waals surface area (Å²) in [5.74, 6) is -1.47. The number of aliphatic hydroxyl groups excluding tert-OH is 1. The minimum Gasteiger partial charge on any atom is -0.507 e. The van der Waals surface area contributed by atoms with Gasteiger partial charge in [0.2, 0.25) is 5.91 Å². The molecular formula is C27H24N4O5. The number of ketones is 1. The molecule has 1 aromatic heterocycles. The van der Waals surface area contributed by atoms with E-state index in [1.54, 1.807) is 67.0 Å². The van der Waals surface area contributed by atoms with E-state index in [4.69, 9.17) is 4.74 Å². The number of Topliss-reactive ketones (excluding diaryl/α,β-unsaturated/α-hetero) is 1. The molecule has 3 heterocycles. The zero-order valence-corrected chi connectivity index (χ0v) is 19.8. The van der Waals surface area contributed by atoms with Crippen molar-refractivity contribution in [3.63, 3.8) is 0 Å². The van der Waals surface area contributed by atoms with Crippen LogP contribution in [0.25, 0.3) is 5.76 Å². The number of hydrogen-bond acceptors (Lipinski definition) is 7. The summed E-state index contributed by atoms with van der Waals surface area (Å²) in [4.78, 5) is 45.8. The molecule has 1 saturated heterocycles. The van der Waals surface area contributed by atoms with Crippen LogP contribution in [0.15, 0.2) is 72.6 Å². The van der Waals surface area contributed by atoms with Gasteiger partial charge in [0.25, 0.3) is 11.7 Å². The predicted octanol–water partition coefficient (Wildman–Crippen LogP) is 3.49. The van der Waals surface area contributed by atoms with Gasteiger partial charge < -0.3 is 20.1 Å². The number of nitrogens with one attached hydrogen (secondary N) is 1. The second kappa shape index (κ2) is 9.18. The van der Waals surface area contributed by atoms with E-state index in [1.165, 1.54) is 11.8 Å². The van der Waals surface area contributed by atoms with Crippen LogP contribution < -0.4 is 19.9 Å². The summed E-state index contributed by atoms with van der Waals surface area (Å²) in [5, 5.41) is 14.1. The van der Waals surface area contributed by atoms with Crippen LogP contribution in [0.2, 0.25) is 0 Å². The summed E-state index contributed by atoms with van der Waals surface area (Å²) in [6.45, 7) is 2.62. The van der Waals surface area contributed by atoms with Crippen LogP contribution in [0.3, 0.4) is 0 Å². The van der Waals surface area contributed by atoms with E-state index in [-0.39, 0.29) is 17.2 Å². The van der Waals surface area contributed by atoms with E-state index < -0.39 is 17.7 Å². The number of likely N-dealkylation sites (N-methyl/N-ethyl adjacent to an activating group) is 1. The number of ether oxygens (including phenoxy) is 1. The molecule has 5 rings (SSSR count). The lowest BCUT2D eigenvalue weighted by Crippen LogP contribution is -2.29. The molecule has 2 aliphatic heterocycles. The predicted molar refractivity (Wildman–Crippen MR) is 135 cm³/mol. The zero-order valence-electron chi connectivity index (χ0n) is 19.8. The van der Waals surface area contributed by atoms with E-state index in [0.717, 1.165) is 5.69 Å². The number of aliphatic hydroxyl groups is 1. The molecule has 182 valence electrons. The zero-order chi connectivity index (χ0) is 25.4. The van der Waals surface area contributed by atoms with E-state index in [1.807, 2.05) is 11.9 Å². The van der Waals surface area contributed by atoms with Crippen molar-refractivity contribution in [2.45, 2.75) is 13.0 Å². The summed E-state index contributed by atoms with van der Waals surface area (Å²) in [6, 6.07) is 14.3. The van der Waals surface area contributed by atoms with Gasteiger partial charge in [-0.15, -0.1) is 0 Å². The van der Waals surface area contributed by atoms with Gasteiger partial charge >= 0.3 is 0 Å². The number of aromatic nitrogens is 1. The Labute approximate surface area is 207 Å². The molecule has 1 atom stereocenters. The van der Waals surface area contributed by atoms with Gasteiger partial charge in [-0.2, -0.15) is 0 Å². The first-order valence-corrected chi connectivity index (χ1v) is 11.4. The van der Waals surface area contributed by atoms with Gasteiger partial charge in [0.1, 0.15) is 18.1 Å². The van der Waals surface area contributed by atoms with Crippen molar-refractivity contribution in [1.82, 2.24) is 4.98 Å². The highest BCUT2D eigenvalue weighted by Gasteiger charge is 2.47. The Morgan fingerprint density at radius 2 is 1.97 bits per heavy atom. The SMILES string of the molecule is CC(=O)Nc1cccc(N2C(=O)C(=O)/C(=C(\O)c3ccc4c(c3)N(C)CCO4)C2c2cccnc2)c1. The highest BCUT2D eigenvalue weighted by molar-refractivity contribution is 6.51. The quantitative estimate of drug-likeness (QED) is 0.331. The van der Waals surface area contributed by atoms with Crippen molar-refractivity contribution in [3.8, 4) is 5.75 Å². The van der Waals surface area contributed by atoms with Crippen molar-refractivity contribution in [1.29, 1.82) is 0 Å². The molecule has 2 aliphatic rings. The van der Waals surface area contributed by atoms with Gasteiger partial charge in [-0.1, -0.05) is 12.1 Å². The Bertz CT molecular complexity index is 1400. The van der Waals surface area contributed by atoms with Crippen LogP contribution in [-0.2, 0) is 14.4 Å². The molecule has 1 fully saturated rings. The summed E-state index contributed by atoms with van der Waals surface area (Å²) < 4.78 is 5.69. The lowest BCUT2D eigenvalue weighted by Gasteiger charge is -2.28. The highest BCUT2D eigenvalue weighted by atomic mass is 16.5. The fraction of sp³-hybridized carbons (Fsp3) is 0.185. The molecule has 0 bridgehead atoms. The number of benzene rings is 2. The van der Waals surface area contributed by atoms with Crippen molar-refractivity contribution >= 4 is 40.4 Å². The molecule has 9 heteroatoms. The first-order chi connectivity index (χ1) is 17.3. The second-order valence-corrected chi connectivity index (χ2v) is 8.64. The summed E-state index contributed by atoms with van der Waals surface area (Å²) in [6.07, 6.45) is 3.15. The van der Waals surface area contributed by atoms with Crippen LogP contribution >= 0.6 is 0 Å². The van der Waals surface area contributed by atoms with Gasteiger partial charge in [-0.25, -0.2) is 0 Å². The van der Waals surface area contributed by atoms with Crippen LogP contribution in [0.1, 0.15) is 24.1 Å². The average Bonchev–Trinajstić information content (AvgIpc) is 3.14. The molecule has 2 aromatic carbocycles. The number of pyridine rings is 1. The molecule has 3 aromatic rings. The topological polar surface area (TPSA) is 112 Å². The maximum absolute atomic E-state index is 13.4. The number of carbonyl (C=O) groups is 3. The second-order valence-electron chi connectivity index (χ2n) is 8.64. The maximum atomic E-state index is 13.4. The first kappa shape index (κ1) is 23.1. The largest absolute Gasteiger partial charge is 0.507 e. The molecule has 1 unspecified atom stereocenters. The number of nitrogens with zero attached hydrogens (tertiary/aromatic N) is 3. The summed E-state index contributed by atoms with van der Waals surface area (Å²) in [5.41, 5.74) is 2.56. The van der Waals surface area contributed by atoms with E-state index in [2.05, 4.69) is 10.3 Å². The van der Waals surface area contributed by atoms with Gasteiger partial charge in [-0.05, 0) is 48.0 Å². The Hall–Kier alpha value is -4.66. The van der Waals surface area contributed by atoms with E-state index in [9.17, 15) is 19.5 Å². The number of anilines is 3. The van der Waals surface area contributed by atoms with Crippen molar-refractivity contribution in [2.24, 2.45) is 0 Å².